The normalized spacial score (nSPS) is 20.0. The summed E-state index contributed by atoms with van der Waals surface area (Å²) in [5, 5.41) is 2.81. The molecule has 0 spiro atoms. The van der Waals surface area contributed by atoms with Gasteiger partial charge in [-0.3, -0.25) is 4.79 Å². The van der Waals surface area contributed by atoms with Crippen molar-refractivity contribution in [2.45, 2.75) is 30.8 Å². The zero-order valence-corrected chi connectivity index (χ0v) is 17.7. The molecule has 7 nitrogen and oxygen atoms in total. The van der Waals surface area contributed by atoms with Crippen LogP contribution < -0.4 is 14.8 Å². The van der Waals surface area contributed by atoms with E-state index in [1.54, 1.807) is 18.2 Å². The van der Waals surface area contributed by atoms with E-state index in [9.17, 15) is 13.2 Å². The lowest BCUT2D eigenvalue weighted by molar-refractivity contribution is 0.0789. The number of fused-ring (bicyclic) bond motifs is 1. The molecule has 0 aliphatic carbocycles. The summed E-state index contributed by atoms with van der Waals surface area (Å²) in [7, 11) is -3.60. The average molecular weight is 431 g/mol. The molecule has 2 aliphatic heterocycles. The number of para-hydroxylation sites is 2. The second-order valence-electron chi connectivity index (χ2n) is 7.82. The maximum absolute atomic E-state index is 12.9. The van der Waals surface area contributed by atoms with Crippen LogP contribution >= 0.6 is 0 Å². The van der Waals surface area contributed by atoms with Gasteiger partial charge in [0.15, 0.2) is 11.5 Å². The molecule has 1 unspecified atom stereocenters. The van der Waals surface area contributed by atoms with Crippen molar-refractivity contribution in [1.29, 1.82) is 0 Å². The number of hydrogen-bond acceptors (Lipinski definition) is 5. The summed E-state index contributed by atoms with van der Waals surface area (Å²) >= 11 is 0. The van der Waals surface area contributed by atoms with Crippen molar-refractivity contribution in [2.24, 2.45) is 5.92 Å². The van der Waals surface area contributed by atoms with Crippen molar-refractivity contribution in [1.82, 2.24) is 9.62 Å². The van der Waals surface area contributed by atoms with Gasteiger partial charge in [-0.25, -0.2) is 8.42 Å². The predicted molar refractivity (Wildman–Crippen MR) is 112 cm³/mol. The second-order valence-corrected chi connectivity index (χ2v) is 9.76. The van der Waals surface area contributed by atoms with Crippen molar-refractivity contribution in [3.8, 4) is 11.5 Å². The number of nitrogens with one attached hydrogen (secondary N) is 1. The number of amides is 1. The standard InChI is InChI=1S/C22H26N2O5S/c1-16-9-11-24(12-10-16)30(26,27)19-6-4-5-17(13-19)22(25)23-14-18-15-28-20-7-2-3-8-21(20)29-18/h2-8,13,16,18H,9-12,14-15H2,1H3,(H,23,25). The molecule has 8 heteroatoms. The molecule has 1 N–H and O–H groups in total. The van der Waals surface area contributed by atoms with Gasteiger partial charge in [0.05, 0.1) is 11.4 Å². The Bertz CT molecular complexity index is 1020. The largest absolute Gasteiger partial charge is 0.486 e. The van der Waals surface area contributed by atoms with Crippen molar-refractivity contribution in [2.75, 3.05) is 26.2 Å². The Kier molecular flexibility index (Phi) is 5.97. The second kappa shape index (κ2) is 8.65. The van der Waals surface area contributed by atoms with Gasteiger partial charge >= 0.3 is 0 Å². The molecular formula is C22H26N2O5S. The third-order valence-electron chi connectivity index (χ3n) is 5.53. The smallest absolute Gasteiger partial charge is 0.251 e. The lowest BCUT2D eigenvalue weighted by atomic mass is 10.0. The minimum absolute atomic E-state index is 0.149. The lowest BCUT2D eigenvalue weighted by Gasteiger charge is -2.29. The van der Waals surface area contributed by atoms with E-state index in [2.05, 4.69) is 12.2 Å². The lowest BCUT2D eigenvalue weighted by Crippen LogP contribution is -2.41. The van der Waals surface area contributed by atoms with Gasteiger partial charge in [0, 0.05) is 18.7 Å². The molecule has 1 fully saturated rings. The number of rotatable bonds is 5. The first-order valence-corrected chi connectivity index (χ1v) is 11.6. The number of sulfonamides is 1. The fourth-order valence-corrected chi connectivity index (χ4v) is 5.16. The molecular weight excluding hydrogens is 404 g/mol. The third kappa shape index (κ3) is 4.44. The van der Waals surface area contributed by atoms with Crippen molar-refractivity contribution < 1.29 is 22.7 Å². The Balaban J connectivity index is 1.39. The van der Waals surface area contributed by atoms with E-state index in [0.29, 0.717) is 42.7 Å². The van der Waals surface area contributed by atoms with Gasteiger partial charge in [-0.05, 0) is 49.1 Å². The van der Waals surface area contributed by atoms with Crippen molar-refractivity contribution in [3.63, 3.8) is 0 Å². The van der Waals surface area contributed by atoms with Gasteiger partial charge in [-0.2, -0.15) is 4.31 Å². The molecule has 1 saturated heterocycles. The first kappa shape index (κ1) is 20.7. The van der Waals surface area contributed by atoms with Crippen LogP contribution in [0.25, 0.3) is 0 Å². The molecule has 1 atom stereocenters. The zero-order valence-electron chi connectivity index (χ0n) is 16.9. The molecule has 4 rings (SSSR count). The zero-order chi connectivity index (χ0) is 21.1. The molecule has 0 aromatic heterocycles. The highest BCUT2D eigenvalue weighted by Crippen LogP contribution is 2.30. The number of ether oxygens (including phenoxy) is 2. The van der Waals surface area contributed by atoms with Crippen molar-refractivity contribution in [3.05, 3.63) is 54.1 Å². The fraction of sp³-hybridized carbons (Fsp3) is 0.409. The molecule has 30 heavy (non-hydrogen) atoms. The van der Waals surface area contributed by atoms with Crippen molar-refractivity contribution >= 4 is 15.9 Å². The van der Waals surface area contributed by atoms with Crippen LogP contribution in [0.4, 0.5) is 0 Å². The summed E-state index contributed by atoms with van der Waals surface area (Å²) in [6.07, 6.45) is 1.39. The number of nitrogens with zero attached hydrogens (tertiary/aromatic N) is 1. The summed E-state index contributed by atoms with van der Waals surface area (Å²) in [6, 6.07) is 13.6. The molecule has 2 aromatic rings. The van der Waals surface area contributed by atoms with Crippen LogP contribution in [0.3, 0.4) is 0 Å². The van der Waals surface area contributed by atoms with Crippen LogP contribution in [0.15, 0.2) is 53.4 Å². The van der Waals surface area contributed by atoms with Gasteiger partial charge < -0.3 is 14.8 Å². The topological polar surface area (TPSA) is 84.9 Å². The van der Waals surface area contributed by atoms with Gasteiger partial charge in [0.25, 0.3) is 5.91 Å². The van der Waals surface area contributed by atoms with Crippen LogP contribution in [0.2, 0.25) is 0 Å². The number of benzene rings is 2. The number of hydrogen-bond donors (Lipinski definition) is 1. The molecule has 0 saturated carbocycles. The van der Waals surface area contributed by atoms with E-state index in [0.717, 1.165) is 12.8 Å². The average Bonchev–Trinajstić information content (AvgIpc) is 2.77. The van der Waals surface area contributed by atoms with Gasteiger partial charge in [0.1, 0.15) is 12.7 Å². The third-order valence-corrected chi connectivity index (χ3v) is 7.43. The van der Waals surface area contributed by atoms with Gasteiger partial charge in [-0.1, -0.05) is 25.1 Å². The monoisotopic (exact) mass is 430 g/mol. The minimum Gasteiger partial charge on any atom is -0.486 e. The molecule has 2 heterocycles. The Labute approximate surface area is 177 Å². The quantitative estimate of drug-likeness (QED) is 0.788. The molecule has 0 bridgehead atoms. The molecule has 2 aromatic carbocycles. The summed E-state index contributed by atoms with van der Waals surface area (Å²) in [5.74, 6) is 1.52. The van der Waals surface area contributed by atoms with Crippen LogP contribution in [0.5, 0.6) is 11.5 Å². The van der Waals surface area contributed by atoms with Crippen LogP contribution in [-0.4, -0.2) is 51.0 Å². The Hall–Kier alpha value is -2.58. The summed E-state index contributed by atoms with van der Waals surface area (Å²) in [6.45, 7) is 3.75. The molecule has 1 amide bonds. The highest BCUT2D eigenvalue weighted by molar-refractivity contribution is 7.89. The fourth-order valence-electron chi connectivity index (χ4n) is 3.64. The Morgan fingerprint density at radius 2 is 1.83 bits per heavy atom. The Morgan fingerprint density at radius 1 is 1.10 bits per heavy atom. The number of carbonyl (C=O) groups is 1. The van der Waals surface area contributed by atoms with Crippen LogP contribution in [-0.2, 0) is 10.0 Å². The van der Waals surface area contributed by atoms with E-state index in [1.807, 2.05) is 24.3 Å². The first-order valence-electron chi connectivity index (χ1n) is 10.2. The van der Waals surface area contributed by atoms with Crippen LogP contribution in [0.1, 0.15) is 30.1 Å². The highest BCUT2D eigenvalue weighted by atomic mass is 32.2. The molecule has 160 valence electrons. The summed E-state index contributed by atoms with van der Waals surface area (Å²) in [5.41, 5.74) is 0.304. The number of carbonyl (C=O) groups excluding carboxylic acids is 1. The maximum Gasteiger partial charge on any atom is 0.251 e. The highest BCUT2D eigenvalue weighted by Gasteiger charge is 2.28. The van der Waals surface area contributed by atoms with Crippen LogP contribution in [0, 0.1) is 5.92 Å². The van der Waals surface area contributed by atoms with E-state index < -0.39 is 10.0 Å². The molecule has 2 aliphatic rings. The van der Waals surface area contributed by atoms with Gasteiger partial charge in [-0.15, -0.1) is 0 Å². The van der Waals surface area contributed by atoms with E-state index in [-0.39, 0.29) is 23.5 Å². The summed E-state index contributed by atoms with van der Waals surface area (Å²) < 4.78 is 38.9. The van der Waals surface area contributed by atoms with E-state index in [4.69, 9.17) is 9.47 Å². The summed E-state index contributed by atoms with van der Waals surface area (Å²) in [4.78, 5) is 12.8. The predicted octanol–water partition coefficient (Wildman–Crippen LogP) is 2.68. The van der Waals surface area contributed by atoms with E-state index >= 15 is 0 Å². The number of piperidine rings is 1. The first-order chi connectivity index (χ1) is 14.4. The SMILES string of the molecule is CC1CCN(S(=O)(=O)c2cccc(C(=O)NCC3COc4ccccc4O3)c2)CC1. The minimum atomic E-state index is -3.60. The molecule has 0 radical (unpaired) electrons. The maximum atomic E-state index is 12.9. The van der Waals surface area contributed by atoms with E-state index in [1.165, 1.54) is 10.4 Å². The van der Waals surface area contributed by atoms with Gasteiger partial charge in [0.2, 0.25) is 10.0 Å². The Morgan fingerprint density at radius 3 is 2.60 bits per heavy atom.